The minimum atomic E-state index is -0.0445. The van der Waals surface area contributed by atoms with Gasteiger partial charge >= 0.3 is 0 Å². The molecule has 0 spiro atoms. The van der Waals surface area contributed by atoms with Gasteiger partial charge in [0.1, 0.15) is 0 Å². The van der Waals surface area contributed by atoms with Gasteiger partial charge in [0, 0.05) is 42.8 Å². The maximum atomic E-state index is 12.9. The van der Waals surface area contributed by atoms with Crippen LogP contribution in [0.4, 0.5) is 0 Å². The molecule has 5 rings (SSSR count). The average molecular weight is 454 g/mol. The summed E-state index contributed by atoms with van der Waals surface area (Å²) in [6, 6.07) is 14.9. The van der Waals surface area contributed by atoms with E-state index < -0.39 is 0 Å². The number of aromatic amines is 1. The molecule has 1 aliphatic carbocycles. The number of nitrogens with one attached hydrogen (secondary N) is 1. The number of nitrogens with zero attached hydrogens (tertiary/aromatic N) is 2. The molecule has 1 aromatic heterocycles. The summed E-state index contributed by atoms with van der Waals surface area (Å²) < 4.78 is 0. The zero-order valence-corrected chi connectivity index (χ0v) is 20.6. The molecular formula is C30H35N3O. The Kier molecular flexibility index (Phi) is 7.18. The highest BCUT2D eigenvalue weighted by Gasteiger charge is 2.36. The van der Waals surface area contributed by atoms with Crippen molar-refractivity contribution in [3.8, 4) is 0 Å². The van der Waals surface area contributed by atoms with E-state index in [1.807, 2.05) is 41.3 Å². The van der Waals surface area contributed by atoms with Gasteiger partial charge in [-0.1, -0.05) is 67.8 Å². The molecule has 2 aromatic carbocycles. The number of rotatable bonds is 5. The Morgan fingerprint density at radius 1 is 1.09 bits per heavy atom. The van der Waals surface area contributed by atoms with Gasteiger partial charge in [-0.3, -0.25) is 9.69 Å². The highest BCUT2D eigenvalue weighted by molar-refractivity contribution is 5.99. The summed E-state index contributed by atoms with van der Waals surface area (Å²) in [6.45, 7) is 13.8. The minimum absolute atomic E-state index is 0.0445. The molecule has 3 aromatic rings. The number of benzene rings is 2. The van der Waals surface area contributed by atoms with Gasteiger partial charge in [0.2, 0.25) is 5.91 Å². The Bertz CT molecular complexity index is 1190. The smallest absolute Gasteiger partial charge is 0.230 e. The fraction of sp³-hybridized carbons (Fsp3) is 0.300. The van der Waals surface area contributed by atoms with Crippen LogP contribution < -0.4 is 0 Å². The van der Waals surface area contributed by atoms with Crippen LogP contribution in [0.25, 0.3) is 28.6 Å². The monoisotopic (exact) mass is 453 g/mol. The largest absolute Gasteiger partial charge is 0.361 e. The van der Waals surface area contributed by atoms with Crippen LogP contribution in [0.5, 0.6) is 0 Å². The number of fused-ring (bicyclic) bond motifs is 2. The summed E-state index contributed by atoms with van der Waals surface area (Å²) in [7, 11) is 2.15. The third-order valence-corrected chi connectivity index (χ3v) is 7.07. The molecule has 2 atom stereocenters. The van der Waals surface area contributed by atoms with Crippen molar-refractivity contribution in [2.24, 2.45) is 5.92 Å². The van der Waals surface area contributed by atoms with Crippen molar-refractivity contribution in [2.45, 2.75) is 26.3 Å². The van der Waals surface area contributed by atoms with Crippen LogP contribution in [0.2, 0.25) is 0 Å². The zero-order chi connectivity index (χ0) is 24.2. The number of aromatic nitrogens is 1. The van der Waals surface area contributed by atoms with Gasteiger partial charge in [0.05, 0.1) is 5.92 Å². The Hall–Kier alpha value is -3.37. The number of amides is 1. The summed E-state index contributed by atoms with van der Waals surface area (Å²) >= 11 is 0. The number of carbonyl (C=O) groups is 1. The van der Waals surface area contributed by atoms with Crippen LogP contribution in [0, 0.1) is 5.92 Å². The van der Waals surface area contributed by atoms with E-state index in [0.29, 0.717) is 6.04 Å². The molecular weight excluding hydrogens is 418 g/mol. The van der Waals surface area contributed by atoms with Crippen molar-refractivity contribution in [1.82, 2.24) is 14.8 Å². The first kappa shape index (κ1) is 23.8. The lowest BCUT2D eigenvalue weighted by molar-refractivity contribution is -0.134. The molecule has 2 aliphatic rings. The van der Waals surface area contributed by atoms with Crippen molar-refractivity contribution in [1.29, 1.82) is 0 Å². The molecule has 34 heavy (non-hydrogen) atoms. The van der Waals surface area contributed by atoms with Gasteiger partial charge in [0.25, 0.3) is 0 Å². The van der Waals surface area contributed by atoms with Crippen LogP contribution in [-0.2, 0) is 11.2 Å². The van der Waals surface area contributed by atoms with Crippen molar-refractivity contribution < 1.29 is 4.79 Å². The van der Waals surface area contributed by atoms with E-state index in [-0.39, 0.29) is 11.8 Å². The highest BCUT2D eigenvalue weighted by Crippen LogP contribution is 2.40. The summed E-state index contributed by atoms with van der Waals surface area (Å²) in [5, 5.41) is 1.34. The summed E-state index contributed by atoms with van der Waals surface area (Å²) in [6.07, 6.45) is 9.06. The van der Waals surface area contributed by atoms with Crippen molar-refractivity contribution >= 4 is 34.5 Å². The van der Waals surface area contributed by atoms with Gasteiger partial charge in [-0.05, 0) is 61.2 Å². The fourth-order valence-electron chi connectivity index (χ4n) is 5.14. The molecule has 1 N–H and O–H groups in total. The maximum Gasteiger partial charge on any atom is 0.230 e. The Morgan fingerprint density at radius 2 is 1.74 bits per heavy atom. The van der Waals surface area contributed by atoms with Crippen molar-refractivity contribution in [3.63, 3.8) is 0 Å². The molecule has 4 heteroatoms. The topological polar surface area (TPSA) is 39.3 Å². The van der Waals surface area contributed by atoms with E-state index >= 15 is 0 Å². The van der Waals surface area contributed by atoms with Crippen LogP contribution in [-0.4, -0.2) is 53.4 Å². The number of hydrogen-bond donors (Lipinski definition) is 1. The quantitative estimate of drug-likeness (QED) is 0.524. The molecule has 1 amide bonds. The van der Waals surface area contributed by atoms with E-state index in [0.717, 1.165) is 37.2 Å². The lowest BCUT2D eigenvalue weighted by Crippen LogP contribution is -2.47. The molecule has 0 bridgehead atoms. The van der Waals surface area contributed by atoms with Crippen LogP contribution in [0.3, 0.4) is 0 Å². The summed E-state index contributed by atoms with van der Waals surface area (Å²) in [5.41, 5.74) is 7.50. The van der Waals surface area contributed by atoms with E-state index in [1.54, 1.807) is 0 Å². The second kappa shape index (κ2) is 10.3. The molecule has 0 unspecified atom stereocenters. The summed E-state index contributed by atoms with van der Waals surface area (Å²) in [4.78, 5) is 20.6. The fourth-order valence-corrected chi connectivity index (χ4v) is 5.14. The molecule has 176 valence electrons. The van der Waals surface area contributed by atoms with E-state index in [2.05, 4.69) is 74.4 Å². The van der Waals surface area contributed by atoms with Crippen molar-refractivity contribution in [2.75, 3.05) is 26.7 Å². The van der Waals surface area contributed by atoms with Gasteiger partial charge in [0.15, 0.2) is 0 Å². The SMILES string of the molecule is C=Cc1ccc(C=C)cc1.CCN(CC)C(=O)[C@@H]1C=C2c3cccc4[nH]cc(c34)C[C@H]2N(C)C1. The van der Waals surface area contributed by atoms with Gasteiger partial charge in [-0.25, -0.2) is 0 Å². The lowest BCUT2D eigenvalue weighted by Gasteiger charge is -2.40. The second-order valence-electron chi connectivity index (χ2n) is 9.02. The third kappa shape index (κ3) is 4.51. The average Bonchev–Trinajstić information content (AvgIpc) is 3.30. The predicted octanol–water partition coefficient (Wildman–Crippen LogP) is 5.88. The molecule has 0 fully saturated rings. The standard InChI is InChI=1S/C20H25N3O.C10H10/c1-4-23(5-2)20(24)14-9-16-15-7-6-8-17-19(15)13(11-21-17)10-18(16)22(3)12-14;1-3-9-5-7-10(4-2)8-6-9/h6-9,11,14,18,21H,4-5,10,12H2,1-3H3;3-8H,1-2H2/t14-,18-;/m1./s1. The Balaban J connectivity index is 0.000000231. The predicted molar refractivity (Wildman–Crippen MR) is 144 cm³/mol. The normalized spacial score (nSPS) is 18.9. The first-order valence-electron chi connectivity index (χ1n) is 12.2. The minimum Gasteiger partial charge on any atom is -0.361 e. The van der Waals surface area contributed by atoms with E-state index in [4.69, 9.17) is 0 Å². The van der Waals surface area contributed by atoms with Crippen molar-refractivity contribution in [3.05, 3.63) is 90.1 Å². The maximum absolute atomic E-state index is 12.9. The van der Waals surface area contributed by atoms with Crippen LogP contribution in [0.1, 0.15) is 36.1 Å². The Morgan fingerprint density at radius 3 is 2.32 bits per heavy atom. The van der Waals surface area contributed by atoms with Crippen LogP contribution in [0.15, 0.2) is 67.9 Å². The molecule has 1 aliphatic heterocycles. The molecule has 0 saturated carbocycles. The third-order valence-electron chi connectivity index (χ3n) is 7.07. The number of likely N-dealkylation sites (N-methyl/N-ethyl adjacent to an activating group) is 1. The molecule has 0 radical (unpaired) electrons. The molecule has 2 heterocycles. The molecule has 0 saturated heterocycles. The Labute approximate surface area is 203 Å². The first-order chi connectivity index (χ1) is 16.5. The van der Waals surface area contributed by atoms with E-state index in [9.17, 15) is 4.79 Å². The number of H-pyrrole nitrogens is 1. The number of carbonyl (C=O) groups excluding carboxylic acids is 1. The molecule has 4 nitrogen and oxygen atoms in total. The first-order valence-corrected chi connectivity index (χ1v) is 12.2. The van der Waals surface area contributed by atoms with Gasteiger partial charge < -0.3 is 9.88 Å². The second-order valence-corrected chi connectivity index (χ2v) is 9.02. The van der Waals surface area contributed by atoms with Gasteiger partial charge in [-0.15, -0.1) is 0 Å². The summed E-state index contributed by atoms with van der Waals surface area (Å²) in [5.74, 6) is 0.210. The lowest BCUT2D eigenvalue weighted by atomic mass is 9.79. The zero-order valence-electron chi connectivity index (χ0n) is 20.6. The van der Waals surface area contributed by atoms with E-state index in [1.165, 1.54) is 27.6 Å². The van der Waals surface area contributed by atoms with Crippen LogP contribution >= 0.6 is 0 Å². The number of hydrogen-bond acceptors (Lipinski definition) is 2. The highest BCUT2D eigenvalue weighted by atomic mass is 16.2. The van der Waals surface area contributed by atoms with Gasteiger partial charge in [-0.2, -0.15) is 0 Å².